The van der Waals surface area contributed by atoms with E-state index in [4.69, 9.17) is 0 Å². The van der Waals surface area contributed by atoms with Gasteiger partial charge in [0.2, 0.25) is 5.95 Å². The topological polar surface area (TPSA) is 62.7 Å². The van der Waals surface area contributed by atoms with E-state index in [-0.39, 0.29) is 0 Å². The molecular weight excluding hydrogens is 210 g/mol. The lowest BCUT2D eigenvalue weighted by atomic mass is 10.5. The molecule has 0 aliphatic carbocycles. The fourth-order valence-corrected chi connectivity index (χ4v) is 1.64. The van der Waals surface area contributed by atoms with E-state index < -0.39 is 0 Å². The first-order chi connectivity index (χ1) is 7.38. The van der Waals surface area contributed by atoms with Gasteiger partial charge in [-0.1, -0.05) is 0 Å². The molecule has 5 nitrogen and oxygen atoms in total. The Hall–Kier alpha value is -1.69. The van der Waals surface area contributed by atoms with Crippen LogP contribution in [-0.4, -0.2) is 22.0 Å². The van der Waals surface area contributed by atoms with Crippen LogP contribution in [0.1, 0.15) is 5.01 Å². The molecule has 0 spiro atoms. The summed E-state index contributed by atoms with van der Waals surface area (Å²) in [6, 6.07) is 1.83. The Balaban J connectivity index is 1.98. The van der Waals surface area contributed by atoms with Gasteiger partial charge in [0, 0.05) is 24.8 Å². The van der Waals surface area contributed by atoms with Crippen molar-refractivity contribution in [1.82, 2.24) is 15.0 Å². The fraction of sp³-hybridized carbons (Fsp3) is 0.222. The summed E-state index contributed by atoms with van der Waals surface area (Å²) < 4.78 is 0. The highest BCUT2D eigenvalue weighted by Crippen LogP contribution is 2.09. The first-order valence-corrected chi connectivity index (χ1v) is 5.39. The van der Waals surface area contributed by atoms with Crippen LogP contribution in [0.15, 0.2) is 23.8 Å². The number of hydrogen-bond acceptors (Lipinski definition) is 6. The van der Waals surface area contributed by atoms with Crippen LogP contribution in [0.3, 0.4) is 0 Å². The molecule has 0 aromatic carbocycles. The van der Waals surface area contributed by atoms with Crippen LogP contribution >= 0.6 is 11.3 Å². The van der Waals surface area contributed by atoms with Crippen molar-refractivity contribution in [3.8, 4) is 0 Å². The van der Waals surface area contributed by atoms with Crippen LogP contribution in [0.25, 0.3) is 0 Å². The minimum atomic E-state index is 0.610. The number of nitrogens with one attached hydrogen (secondary N) is 2. The Morgan fingerprint density at radius 1 is 1.33 bits per heavy atom. The smallest absolute Gasteiger partial charge is 0.224 e. The lowest BCUT2D eigenvalue weighted by molar-refractivity contribution is 1.06. The van der Waals surface area contributed by atoms with Crippen LogP contribution in [-0.2, 0) is 6.54 Å². The quantitative estimate of drug-likeness (QED) is 0.820. The Kier molecular flexibility index (Phi) is 3.08. The number of thiazole rings is 1. The number of aromatic nitrogens is 3. The minimum Gasteiger partial charge on any atom is -0.363 e. The van der Waals surface area contributed by atoms with E-state index in [1.165, 1.54) is 0 Å². The maximum atomic E-state index is 4.23. The summed E-state index contributed by atoms with van der Waals surface area (Å²) in [4.78, 5) is 12.4. The minimum absolute atomic E-state index is 0.610. The monoisotopic (exact) mass is 221 g/mol. The van der Waals surface area contributed by atoms with E-state index in [2.05, 4.69) is 25.6 Å². The van der Waals surface area contributed by atoms with Crippen molar-refractivity contribution in [2.75, 3.05) is 17.7 Å². The molecule has 0 fully saturated rings. The third-order valence-corrected chi connectivity index (χ3v) is 2.56. The second-order valence-electron chi connectivity index (χ2n) is 2.79. The zero-order valence-electron chi connectivity index (χ0n) is 8.27. The average molecular weight is 221 g/mol. The van der Waals surface area contributed by atoms with E-state index in [9.17, 15) is 0 Å². The average Bonchev–Trinajstić information content (AvgIpc) is 2.79. The predicted molar refractivity (Wildman–Crippen MR) is 61.0 cm³/mol. The first kappa shape index (κ1) is 9.85. The highest BCUT2D eigenvalue weighted by atomic mass is 32.1. The highest BCUT2D eigenvalue weighted by molar-refractivity contribution is 7.09. The molecule has 6 heteroatoms. The summed E-state index contributed by atoms with van der Waals surface area (Å²) in [7, 11) is 1.79. The van der Waals surface area contributed by atoms with Gasteiger partial charge in [0.15, 0.2) is 0 Å². The molecule has 2 heterocycles. The van der Waals surface area contributed by atoms with Crippen molar-refractivity contribution in [1.29, 1.82) is 0 Å². The molecule has 0 saturated heterocycles. The zero-order valence-corrected chi connectivity index (χ0v) is 9.08. The van der Waals surface area contributed by atoms with Crippen molar-refractivity contribution < 1.29 is 0 Å². The van der Waals surface area contributed by atoms with Gasteiger partial charge in [-0.3, -0.25) is 0 Å². The van der Waals surface area contributed by atoms with Gasteiger partial charge >= 0.3 is 0 Å². The number of anilines is 2. The van der Waals surface area contributed by atoms with Crippen molar-refractivity contribution in [3.05, 3.63) is 28.8 Å². The molecule has 2 aromatic heterocycles. The normalized spacial score (nSPS) is 9.93. The number of rotatable bonds is 4. The third kappa shape index (κ3) is 2.63. The molecular formula is C9H11N5S. The summed E-state index contributed by atoms with van der Waals surface area (Å²) >= 11 is 1.62. The van der Waals surface area contributed by atoms with Crippen LogP contribution in [0.2, 0.25) is 0 Å². The molecule has 0 atom stereocenters. The van der Waals surface area contributed by atoms with Gasteiger partial charge in [-0.25, -0.2) is 9.97 Å². The van der Waals surface area contributed by atoms with E-state index in [0.29, 0.717) is 12.5 Å². The van der Waals surface area contributed by atoms with Crippen LogP contribution in [0.4, 0.5) is 11.8 Å². The Bertz CT molecular complexity index is 414. The molecule has 0 radical (unpaired) electrons. The summed E-state index contributed by atoms with van der Waals surface area (Å²) in [5.41, 5.74) is 0. The molecule has 0 unspecified atom stereocenters. The van der Waals surface area contributed by atoms with Crippen molar-refractivity contribution in [3.63, 3.8) is 0 Å². The van der Waals surface area contributed by atoms with Crippen molar-refractivity contribution in [2.45, 2.75) is 6.54 Å². The molecule has 78 valence electrons. The SMILES string of the molecule is CNc1nccc(NCc2nccs2)n1. The van der Waals surface area contributed by atoms with E-state index in [0.717, 1.165) is 10.8 Å². The van der Waals surface area contributed by atoms with E-state index in [1.54, 1.807) is 30.8 Å². The van der Waals surface area contributed by atoms with Gasteiger partial charge in [0.1, 0.15) is 10.8 Å². The van der Waals surface area contributed by atoms with Crippen molar-refractivity contribution >= 4 is 23.1 Å². The largest absolute Gasteiger partial charge is 0.363 e. The summed E-state index contributed by atoms with van der Waals surface area (Å²) in [5, 5.41) is 9.06. The molecule has 2 rings (SSSR count). The van der Waals surface area contributed by atoms with Gasteiger partial charge in [-0.2, -0.15) is 4.98 Å². The van der Waals surface area contributed by atoms with Gasteiger partial charge in [-0.05, 0) is 6.07 Å². The maximum Gasteiger partial charge on any atom is 0.224 e. The fourth-order valence-electron chi connectivity index (χ4n) is 1.08. The maximum absolute atomic E-state index is 4.23. The van der Waals surface area contributed by atoms with Crippen LogP contribution in [0.5, 0.6) is 0 Å². The molecule has 15 heavy (non-hydrogen) atoms. The molecule has 0 saturated carbocycles. The Morgan fingerprint density at radius 2 is 2.27 bits per heavy atom. The predicted octanol–water partition coefficient (Wildman–Crippen LogP) is 1.59. The molecule has 0 aliphatic heterocycles. The Labute approximate surface area is 91.6 Å². The number of hydrogen-bond donors (Lipinski definition) is 2. The zero-order chi connectivity index (χ0) is 10.5. The summed E-state index contributed by atoms with van der Waals surface area (Å²) in [6.07, 6.45) is 3.50. The molecule has 0 bridgehead atoms. The summed E-state index contributed by atoms with van der Waals surface area (Å²) in [5.74, 6) is 1.41. The summed E-state index contributed by atoms with van der Waals surface area (Å²) in [6.45, 7) is 0.692. The lowest BCUT2D eigenvalue weighted by Gasteiger charge is -2.04. The standard InChI is InChI=1S/C9H11N5S/c1-10-9-12-3-2-7(14-9)13-6-8-11-4-5-15-8/h2-5H,6H2,1H3,(H2,10,12,13,14). The van der Waals surface area contributed by atoms with Crippen LogP contribution < -0.4 is 10.6 Å². The lowest BCUT2D eigenvalue weighted by Crippen LogP contribution is -2.03. The van der Waals surface area contributed by atoms with Gasteiger partial charge < -0.3 is 10.6 Å². The molecule has 0 amide bonds. The first-order valence-electron chi connectivity index (χ1n) is 4.51. The highest BCUT2D eigenvalue weighted by Gasteiger charge is 1.98. The second kappa shape index (κ2) is 4.70. The van der Waals surface area contributed by atoms with Gasteiger partial charge in [-0.15, -0.1) is 11.3 Å². The molecule has 0 aliphatic rings. The third-order valence-electron chi connectivity index (χ3n) is 1.78. The van der Waals surface area contributed by atoms with E-state index in [1.807, 2.05) is 11.4 Å². The van der Waals surface area contributed by atoms with Gasteiger partial charge in [0.05, 0.1) is 6.54 Å². The molecule has 2 aromatic rings. The van der Waals surface area contributed by atoms with Crippen LogP contribution in [0, 0.1) is 0 Å². The van der Waals surface area contributed by atoms with E-state index >= 15 is 0 Å². The number of nitrogens with zero attached hydrogens (tertiary/aromatic N) is 3. The van der Waals surface area contributed by atoms with Gasteiger partial charge in [0.25, 0.3) is 0 Å². The Morgan fingerprint density at radius 3 is 3.00 bits per heavy atom. The second-order valence-corrected chi connectivity index (χ2v) is 3.77. The molecule has 2 N–H and O–H groups in total. The van der Waals surface area contributed by atoms with Crippen molar-refractivity contribution in [2.24, 2.45) is 0 Å².